The first-order valence-electron chi connectivity index (χ1n) is 6.32. The van der Waals surface area contributed by atoms with Crippen molar-refractivity contribution >= 4 is 43.5 Å². The lowest BCUT2D eigenvalue weighted by molar-refractivity contribution is 0.0987. The summed E-state index contributed by atoms with van der Waals surface area (Å²) in [6, 6.07) is 16.9. The molecule has 2 aromatic rings. The van der Waals surface area contributed by atoms with Crippen LogP contribution >= 0.6 is 31.9 Å². The fraction of sp³-hybridized carbons (Fsp3) is 0.125. The highest BCUT2D eigenvalue weighted by atomic mass is 79.9. The molecule has 1 amide bonds. The number of benzene rings is 2. The van der Waals surface area contributed by atoms with Crippen molar-refractivity contribution in [1.82, 2.24) is 0 Å². The summed E-state index contributed by atoms with van der Waals surface area (Å²) in [6.07, 6.45) is 0.288. The van der Waals surface area contributed by atoms with Gasteiger partial charge in [0.2, 0.25) is 0 Å². The average molecular weight is 408 g/mol. The van der Waals surface area contributed by atoms with E-state index in [1.807, 2.05) is 36.4 Å². The molecule has 21 heavy (non-hydrogen) atoms. The van der Waals surface area contributed by atoms with Crippen molar-refractivity contribution in [1.29, 1.82) is 5.26 Å². The summed E-state index contributed by atoms with van der Waals surface area (Å²) >= 11 is 6.77. The molecule has 0 heterocycles. The summed E-state index contributed by atoms with van der Waals surface area (Å²) in [7, 11) is 0. The molecule has 0 aliphatic carbocycles. The molecule has 0 aromatic heterocycles. The van der Waals surface area contributed by atoms with E-state index in [0.717, 1.165) is 14.6 Å². The molecule has 3 nitrogen and oxygen atoms in total. The zero-order chi connectivity index (χ0) is 15.2. The summed E-state index contributed by atoms with van der Waals surface area (Å²) in [5.41, 5.74) is 1.35. The van der Waals surface area contributed by atoms with E-state index in [2.05, 4.69) is 37.9 Å². The van der Waals surface area contributed by atoms with Gasteiger partial charge in [0.25, 0.3) is 5.91 Å². The van der Waals surface area contributed by atoms with Crippen LogP contribution in [0.15, 0.2) is 57.5 Å². The Morgan fingerprint density at radius 2 is 1.71 bits per heavy atom. The molecule has 0 saturated heterocycles. The highest BCUT2D eigenvalue weighted by molar-refractivity contribution is 9.11. The molecule has 0 aliphatic rings. The Bertz CT molecular complexity index is 660. The first-order chi connectivity index (χ1) is 10.1. The third-order valence-electron chi connectivity index (χ3n) is 2.87. The molecule has 106 valence electrons. The predicted octanol–water partition coefficient (Wildman–Crippen LogP) is 4.77. The smallest absolute Gasteiger partial charge is 0.258 e. The Hall–Kier alpha value is -1.64. The number of nitriles is 1. The monoisotopic (exact) mass is 406 g/mol. The molecule has 5 heteroatoms. The van der Waals surface area contributed by atoms with Crippen LogP contribution in [-0.2, 0) is 0 Å². The average Bonchev–Trinajstić information content (AvgIpc) is 2.47. The summed E-state index contributed by atoms with van der Waals surface area (Å²) in [5, 5.41) is 8.80. The van der Waals surface area contributed by atoms with Crippen LogP contribution in [-0.4, -0.2) is 12.5 Å². The highest BCUT2D eigenvalue weighted by Crippen LogP contribution is 2.23. The number of rotatable bonds is 4. The standard InChI is InChI=1S/C16H12Br2N2O/c17-13-9-12(10-14(18)11-13)16(21)20(8-4-7-19)15-5-2-1-3-6-15/h1-3,5-6,9-11H,4,8H2. The van der Waals surface area contributed by atoms with E-state index >= 15 is 0 Å². The first-order valence-corrected chi connectivity index (χ1v) is 7.90. The lowest BCUT2D eigenvalue weighted by Gasteiger charge is -2.22. The van der Waals surface area contributed by atoms with Crippen molar-refractivity contribution in [2.75, 3.05) is 11.4 Å². The summed E-state index contributed by atoms with van der Waals surface area (Å²) in [4.78, 5) is 14.4. The van der Waals surface area contributed by atoms with Crippen LogP contribution in [0.3, 0.4) is 0 Å². The van der Waals surface area contributed by atoms with Crippen molar-refractivity contribution in [3.8, 4) is 6.07 Å². The van der Waals surface area contributed by atoms with Gasteiger partial charge in [0.15, 0.2) is 0 Å². The predicted molar refractivity (Wildman–Crippen MR) is 90.2 cm³/mol. The number of hydrogen-bond donors (Lipinski definition) is 0. The van der Waals surface area contributed by atoms with Crippen LogP contribution in [0.2, 0.25) is 0 Å². The fourth-order valence-corrected chi connectivity index (χ4v) is 3.24. The molecule has 0 atom stereocenters. The van der Waals surface area contributed by atoms with Gasteiger partial charge in [-0.3, -0.25) is 4.79 Å². The van der Waals surface area contributed by atoms with Crippen LogP contribution < -0.4 is 4.90 Å². The van der Waals surface area contributed by atoms with E-state index in [1.165, 1.54) is 0 Å². The minimum absolute atomic E-state index is 0.126. The van der Waals surface area contributed by atoms with Crippen LogP contribution in [0.25, 0.3) is 0 Å². The quantitative estimate of drug-likeness (QED) is 0.732. The number of anilines is 1. The van der Waals surface area contributed by atoms with Crippen molar-refractivity contribution in [3.63, 3.8) is 0 Å². The zero-order valence-corrected chi connectivity index (χ0v) is 14.3. The van der Waals surface area contributed by atoms with Crippen molar-refractivity contribution in [3.05, 3.63) is 63.0 Å². The minimum Gasteiger partial charge on any atom is -0.307 e. The third kappa shape index (κ3) is 4.16. The van der Waals surface area contributed by atoms with E-state index in [4.69, 9.17) is 5.26 Å². The van der Waals surface area contributed by atoms with Crippen molar-refractivity contribution < 1.29 is 4.79 Å². The molecule has 2 aromatic carbocycles. The van der Waals surface area contributed by atoms with E-state index in [-0.39, 0.29) is 12.3 Å². The van der Waals surface area contributed by atoms with Gasteiger partial charge < -0.3 is 4.90 Å². The van der Waals surface area contributed by atoms with Gasteiger partial charge >= 0.3 is 0 Å². The zero-order valence-electron chi connectivity index (χ0n) is 11.1. The summed E-state index contributed by atoms with van der Waals surface area (Å²) in [6.45, 7) is 0.365. The molecule has 0 unspecified atom stereocenters. The van der Waals surface area contributed by atoms with Crippen LogP contribution in [0.5, 0.6) is 0 Å². The third-order valence-corrected chi connectivity index (χ3v) is 3.79. The molecule has 0 bridgehead atoms. The molecule has 0 spiro atoms. The molecular formula is C16H12Br2N2O. The maximum atomic E-state index is 12.7. The molecule has 0 N–H and O–H groups in total. The molecule has 0 radical (unpaired) electrons. The van der Waals surface area contributed by atoms with Gasteiger partial charge in [-0.25, -0.2) is 0 Å². The second-order valence-electron chi connectivity index (χ2n) is 4.36. The molecular weight excluding hydrogens is 396 g/mol. The largest absolute Gasteiger partial charge is 0.307 e. The molecule has 0 saturated carbocycles. The van der Waals surface area contributed by atoms with E-state index < -0.39 is 0 Å². The number of para-hydroxylation sites is 1. The molecule has 0 fully saturated rings. The number of hydrogen-bond acceptors (Lipinski definition) is 2. The summed E-state index contributed by atoms with van der Waals surface area (Å²) < 4.78 is 1.65. The van der Waals surface area contributed by atoms with Crippen LogP contribution in [0.1, 0.15) is 16.8 Å². The Morgan fingerprint density at radius 1 is 1.10 bits per heavy atom. The molecule has 2 rings (SSSR count). The summed E-state index contributed by atoms with van der Waals surface area (Å²) in [5.74, 6) is -0.126. The Morgan fingerprint density at radius 3 is 2.29 bits per heavy atom. The van der Waals surface area contributed by atoms with Crippen LogP contribution in [0.4, 0.5) is 5.69 Å². The Labute approximate surface area is 140 Å². The number of carbonyl (C=O) groups is 1. The Balaban J connectivity index is 2.36. The highest BCUT2D eigenvalue weighted by Gasteiger charge is 2.18. The van der Waals surface area contributed by atoms with Crippen molar-refractivity contribution in [2.45, 2.75) is 6.42 Å². The Kier molecular flexibility index (Phi) is 5.54. The van der Waals surface area contributed by atoms with Gasteiger partial charge in [-0.1, -0.05) is 50.1 Å². The van der Waals surface area contributed by atoms with Gasteiger partial charge in [-0.2, -0.15) is 5.26 Å². The lowest BCUT2D eigenvalue weighted by Crippen LogP contribution is -2.31. The van der Waals surface area contributed by atoms with Crippen molar-refractivity contribution in [2.24, 2.45) is 0 Å². The van der Waals surface area contributed by atoms with Gasteiger partial charge in [-0.05, 0) is 30.3 Å². The minimum atomic E-state index is -0.126. The SMILES string of the molecule is N#CCCN(C(=O)c1cc(Br)cc(Br)c1)c1ccccc1. The van der Waals surface area contributed by atoms with Gasteiger partial charge in [0.1, 0.15) is 0 Å². The topological polar surface area (TPSA) is 44.1 Å². The van der Waals surface area contributed by atoms with E-state index in [1.54, 1.807) is 17.0 Å². The fourth-order valence-electron chi connectivity index (χ4n) is 1.95. The maximum Gasteiger partial charge on any atom is 0.258 e. The number of carbonyl (C=O) groups excluding carboxylic acids is 1. The number of halogens is 2. The van der Waals surface area contributed by atoms with Gasteiger partial charge in [0.05, 0.1) is 12.5 Å². The second-order valence-corrected chi connectivity index (χ2v) is 6.19. The number of amides is 1. The molecule has 0 aliphatic heterocycles. The van der Waals surface area contributed by atoms with E-state index in [0.29, 0.717) is 12.1 Å². The van der Waals surface area contributed by atoms with Crippen LogP contribution in [0, 0.1) is 11.3 Å². The number of nitrogens with zero attached hydrogens (tertiary/aromatic N) is 2. The lowest BCUT2D eigenvalue weighted by atomic mass is 10.1. The first kappa shape index (κ1) is 15.7. The van der Waals surface area contributed by atoms with Gasteiger partial charge in [0, 0.05) is 26.7 Å². The normalized spacial score (nSPS) is 9.95. The second kappa shape index (κ2) is 7.39. The maximum absolute atomic E-state index is 12.7. The van der Waals surface area contributed by atoms with Gasteiger partial charge in [-0.15, -0.1) is 0 Å². The van der Waals surface area contributed by atoms with E-state index in [9.17, 15) is 4.79 Å².